The fourth-order valence-corrected chi connectivity index (χ4v) is 2.25. The number of nitrogens with zero attached hydrogens (tertiary/aromatic N) is 1. The van der Waals surface area contributed by atoms with Crippen molar-refractivity contribution in [1.82, 2.24) is 0 Å². The van der Waals surface area contributed by atoms with Gasteiger partial charge < -0.3 is 0 Å². The summed E-state index contributed by atoms with van der Waals surface area (Å²) in [5.41, 5.74) is 5.25. The van der Waals surface area contributed by atoms with E-state index in [2.05, 4.69) is 50.0 Å². The van der Waals surface area contributed by atoms with E-state index in [0.29, 0.717) is 5.92 Å². The SMILES string of the molecule is Cc1c(C2=CCCC=N2)cccc1C(C)C. The van der Waals surface area contributed by atoms with Crippen molar-refractivity contribution < 1.29 is 0 Å². The third-order valence-corrected chi connectivity index (χ3v) is 3.14. The van der Waals surface area contributed by atoms with E-state index in [-0.39, 0.29) is 0 Å². The lowest BCUT2D eigenvalue weighted by atomic mass is 9.92. The van der Waals surface area contributed by atoms with E-state index in [9.17, 15) is 0 Å². The summed E-state index contributed by atoms with van der Waals surface area (Å²) >= 11 is 0. The molecule has 1 aromatic carbocycles. The summed E-state index contributed by atoms with van der Waals surface area (Å²) < 4.78 is 0. The Morgan fingerprint density at radius 2 is 2.00 bits per heavy atom. The molecule has 0 atom stereocenters. The van der Waals surface area contributed by atoms with Crippen LogP contribution in [0.1, 0.15) is 49.3 Å². The highest BCUT2D eigenvalue weighted by Crippen LogP contribution is 2.28. The summed E-state index contributed by atoms with van der Waals surface area (Å²) in [5.74, 6) is 0.577. The Morgan fingerprint density at radius 1 is 1.19 bits per heavy atom. The molecule has 0 radical (unpaired) electrons. The van der Waals surface area contributed by atoms with Crippen LogP contribution < -0.4 is 0 Å². The van der Waals surface area contributed by atoms with Gasteiger partial charge in [0.05, 0.1) is 5.70 Å². The Bertz CT molecular complexity index is 439. The molecule has 0 N–H and O–H groups in total. The van der Waals surface area contributed by atoms with Gasteiger partial charge in [-0.25, -0.2) is 0 Å². The van der Waals surface area contributed by atoms with Crippen LogP contribution in [-0.2, 0) is 0 Å². The molecule has 1 aliphatic heterocycles. The fraction of sp³-hybridized carbons (Fsp3) is 0.400. The number of benzene rings is 1. The van der Waals surface area contributed by atoms with E-state index in [4.69, 9.17) is 0 Å². The number of rotatable bonds is 2. The minimum absolute atomic E-state index is 0.577. The van der Waals surface area contributed by atoms with Crippen molar-refractivity contribution in [3.63, 3.8) is 0 Å². The van der Waals surface area contributed by atoms with Gasteiger partial charge in [0.1, 0.15) is 0 Å². The second-order valence-corrected chi connectivity index (χ2v) is 4.65. The maximum absolute atomic E-state index is 4.50. The quantitative estimate of drug-likeness (QED) is 0.693. The van der Waals surface area contributed by atoms with E-state index in [0.717, 1.165) is 18.5 Å². The molecule has 0 saturated carbocycles. The Labute approximate surface area is 97.9 Å². The summed E-state index contributed by atoms with van der Waals surface area (Å²) in [6.07, 6.45) is 6.46. The summed E-state index contributed by atoms with van der Waals surface area (Å²) in [7, 11) is 0. The van der Waals surface area contributed by atoms with Gasteiger partial charge in [-0.05, 0) is 36.8 Å². The molecular formula is C15H19N. The molecule has 84 valence electrons. The molecule has 0 spiro atoms. The molecule has 1 nitrogen and oxygen atoms in total. The second kappa shape index (κ2) is 4.65. The van der Waals surface area contributed by atoms with Gasteiger partial charge in [0, 0.05) is 11.8 Å². The van der Waals surface area contributed by atoms with E-state index in [1.54, 1.807) is 0 Å². The Balaban J connectivity index is 2.45. The zero-order chi connectivity index (χ0) is 11.5. The smallest absolute Gasteiger partial charge is 0.0661 e. The normalized spacial score (nSPS) is 15.4. The van der Waals surface area contributed by atoms with Crippen LogP contribution in [0.4, 0.5) is 0 Å². The zero-order valence-electron chi connectivity index (χ0n) is 10.3. The lowest BCUT2D eigenvalue weighted by Crippen LogP contribution is -1.98. The predicted octanol–water partition coefficient (Wildman–Crippen LogP) is 4.32. The van der Waals surface area contributed by atoms with Gasteiger partial charge in [0.25, 0.3) is 0 Å². The van der Waals surface area contributed by atoms with Crippen LogP contribution in [0.15, 0.2) is 29.3 Å². The third-order valence-electron chi connectivity index (χ3n) is 3.14. The highest BCUT2D eigenvalue weighted by atomic mass is 14.7. The Kier molecular flexibility index (Phi) is 3.23. The van der Waals surface area contributed by atoms with Gasteiger partial charge in [-0.2, -0.15) is 0 Å². The Hall–Kier alpha value is -1.37. The number of aliphatic imine (C=N–C) groups is 1. The minimum Gasteiger partial charge on any atom is -0.261 e. The minimum atomic E-state index is 0.577. The first-order valence-corrected chi connectivity index (χ1v) is 6.02. The van der Waals surface area contributed by atoms with Gasteiger partial charge >= 0.3 is 0 Å². The number of hydrogen-bond acceptors (Lipinski definition) is 1. The first-order valence-electron chi connectivity index (χ1n) is 6.02. The van der Waals surface area contributed by atoms with Gasteiger partial charge in [-0.15, -0.1) is 0 Å². The Morgan fingerprint density at radius 3 is 2.62 bits per heavy atom. The topological polar surface area (TPSA) is 12.4 Å². The molecule has 0 fully saturated rings. The molecule has 0 aromatic heterocycles. The van der Waals surface area contributed by atoms with Crippen molar-refractivity contribution in [2.75, 3.05) is 0 Å². The van der Waals surface area contributed by atoms with Crippen molar-refractivity contribution in [2.45, 2.75) is 39.5 Å². The van der Waals surface area contributed by atoms with Gasteiger partial charge in [-0.1, -0.05) is 38.1 Å². The van der Waals surface area contributed by atoms with Crippen LogP contribution in [0.2, 0.25) is 0 Å². The highest BCUT2D eigenvalue weighted by Gasteiger charge is 2.10. The van der Waals surface area contributed by atoms with Crippen LogP contribution in [0.25, 0.3) is 5.70 Å². The summed E-state index contributed by atoms with van der Waals surface area (Å²) in [4.78, 5) is 4.50. The molecule has 0 aliphatic carbocycles. The third kappa shape index (κ3) is 2.08. The van der Waals surface area contributed by atoms with E-state index in [1.807, 2.05) is 6.21 Å². The average molecular weight is 213 g/mol. The van der Waals surface area contributed by atoms with Crippen LogP contribution in [-0.4, -0.2) is 6.21 Å². The van der Waals surface area contributed by atoms with Crippen LogP contribution in [0.5, 0.6) is 0 Å². The maximum Gasteiger partial charge on any atom is 0.0661 e. The van der Waals surface area contributed by atoms with Crippen LogP contribution >= 0.6 is 0 Å². The molecule has 1 aromatic rings. The monoisotopic (exact) mass is 213 g/mol. The molecule has 2 rings (SSSR count). The molecule has 1 heteroatoms. The van der Waals surface area contributed by atoms with Crippen molar-refractivity contribution in [1.29, 1.82) is 0 Å². The van der Waals surface area contributed by atoms with Crippen LogP contribution in [0, 0.1) is 6.92 Å². The molecule has 0 unspecified atom stereocenters. The second-order valence-electron chi connectivity index (χ2n) is 4.65. The number of hydrogen-bond donors (Lipinski definition) is 0. The molecule has 0 amide bonds. The highest BCUT2D eigenvalue weighted by molar-refractivity contribution is 5.78. The first kappa shape index (κ1) is 11.1. The van der Waals surface area contributed by atoms with E-state index in [1.165, 1.54) is 16.7 Å². The maximum atomic E-state index is 4.50. The first-order chi connectivity index (χ1) is 7.70. The zero-order valence-corrected chi connectivity index (χ0v) is 10.3. The summed E-state index contributed by atoms with van der Waals surface area (Å²) in [5, 5.41) is 0. The van der Waals surface area contributed by atoms with Crippen LogP contribution in [0.3, 0.4) is 0 Å². The van der Waals surface area contributed by atoms with E-state index < -0.39 is 0 Å². The molecule has 1 heterocycles. The van der Waals surface area contributed by atoms with Gasteiger partial charge in [-0.3, -0.25) is 4.99 Å². The average Bonchev–Trinajstić information content (AvgIpc) is 2.30. The van der Waals surface area contributed by atoms with Gasteiger partial charge in [0.15, 0.2) is 0 Å². The fourth-order valence-electron chi connectivity index (χ4n) is 2.25. The molecule has 0 saturated heterocycles. The summed E-state index contributed by atoms with van der Waals surface area (Å²) in [6.45, 7) is 6.69. The lowest BCUT2D eigenvalue weighted by Gasteiger charge is -2.15. The van der Waals surface area contributed by atoms with Crippen molar-refractivity contribution >= 4 is 11.9 Å². The van der Waals surface area contributed by atoms with Crippen molar-refractivity contribution in [3.05, 3.63) is 41.0 Å². The lowest BCUT2D eigenvalue weighted by molar-refractivity contribution is 0.855. The predicted molar refractivity (Wildman–Crippen MR) is 71.0 cm³/mol. The van der Waals surface area contributed by atoms with E-state index >= 15 is 0 Å². The molecule has 16 heavy (non-hydrogen) atoms. The number of allylic oxidation sites excluding steroid dienone is 1. The summed E-state index contributed by atoms with van der Waals surface area (Å²) in [6, 6.07) is 6.54. The van der Waals surface area contributed by atoms with Gasteiger partial charge in [0.2, 0.25) is 0 Å². The molecule has 0 bridgehead atoms. The molecular weight excluding hydrogens is 194 g/mol. The largest absolute Gasteiger partial charge is 0.261 e. The van der Waals surface area contributed by atoms with Crippen molar-refractivity contribution in [3.8, 4) is 0 Å². The molecule has 1 aliphatic rings. The standard InChI is InChI=1S/C15H19N/c1-11(2)13-7-6-8-14(12(13)3)15-9-4-5-10-16-15/h6-11H,4-5H2,1-3H3. The van der Waals surface area contributed by atoms with Crippen molar-refractivity contribution in [2.24, 2.45) is 4.99 Å².